The summed E-state index contributed by atoms with van der Waals surface area (Å²) < 4.78 is 8.02. The molecular formula is C44H28IN3O. The van der Waals surface area contributed by atoms with Crippen molar-refractivity contribution in [2.45, 2.75) is 0 Å². The first kappa shape index (κ1) is 29.4. The monoisotopic (exact) mass is 741 g/mol. The van der Waals surface area contributed by atoms with E-state index in [4.69, 9.17) is 14.4 Å². The third kappa shape index (κ3) is 5.42. The van der Waals surface area contributed by atoms with E-state index in [1.165, 1.54) is 3.57 Å². The minimum atomic E-state index is 0.743. The molecule has 232 valence electrons. The number of hydrogen-bond donors (Lipinski definition) is 1. The van der Waals surface area contributed by atoms with Gasteiger partial charge in [-0.2, -0.15) is 0 Å². The van der Waals surface area contributed by atoms with E-state index in [1.54, 1.807) is 0 Å². The van der Waals surface area contributed by atoms with Crippen molar-refractivity contribution in [1.82, 2.24) is 15.0 Å². The van der Waals surface area contributed by atoms with Crippen LogP contribution < -0.4 is 0 Å². The van der Waals surface area contributed by atoms with Crippen LogP contribution in [0.25, 0.3) is 91.0 Å². The second kappa shape index (κ2) is 12.3. The number of halogens is 1. The smallest absolute Gasteiger partial charge is 0.137 e. The lowest BCUT2D eigenvalue weighted by Gasteiger charge is -2.06. The summed E-state index contributed by atoms with van der Waals surface area (Å²) in [7, 11) is 0. The van der Waals surface area contributed by atoms with Crippen LogP contribution in [-0.2, 0) is 0 Å². The molecule has 7 aromatic rings. The fourth-order valence-corrected chi connectivity index (χ4v) is 7.08. The van der Waals surface area contributed by atoms with Gasteiger partial charge < -0.3 is 9.40 Å². The molecule has 4 nitrogen and oxygen atoms in total. The zero-order valence-corrected chi connectivity index (χ0v) is 28.4. The van der Waals surface area contributed by atoms with Crippen molar-refractivity contribution in [3.05, 3.63) is 166 Å². The van der Waals surface area contributed by atoms with Crippen LogP contribution in [0.5, 0.6) is 0 Å². The summed E-state index contributed by atoms with van der Waals surface area (Å²) in [6.45, 7) is 0. The van der Waals surface area contributed by atoms with E-state index < -0.39 is 0 Å². The van der Waals surface area contributed by atoms with Gasteiger partial charge in [-0.3, -0.25) is 0 Å². The second-order valence-electron chi connectivity index (χ2n) is 12.0. The topological polar surface area (TPSA) is 54.7 Å². The highest BCUT2D eigenvalue weighted by molar-refractivity contribution is 14.1. The molecule has 0 amide bonds. The standard InChI is InChI=1S/C44H28IN3O/c45-32-18-16-31(17-19-32)42-35-21-20-33(46-35)41(28-10-4-1-5-11-28)34-22-24-37(47-34)43(29-12-6-2-7-13-29)39-26-27-40(49-39)44(30-14-8-3-9-15-30)38-25-23-36(42)48-38/h1-27,46H. The molecule has 5 heteroatoms. The molecule has 5 heterocycles. The lowest BCUT2D eigenvalue weighted by molar-refractivity contribution is 0.667. The van der Waals surface area contributed by atoms with Gasteiger partial charge >= 0.3 is 0 Å². The normalized spacial score (nSPS) is 12.0. The zero-order chi connectivity index (χ0) is 32.7. The summed E-state index contributed by atoms with van der Waals surface area (Å²) in [5, 5.41) is 0. The highest BCUT2D eigenvalue weighted by Crippen LogP contribution is 2.39. The number of rotatable bonds is 4. The van der Waals surface area contributed by atoms with Crippen LogP contribution in [0.15, 0.2) is 144 Å². The molecule has 8 bridgehead atoms. The average molecular weight is 742 g/mol. The van der Waals surface area contributed by atoms with E-state index in [2.05, 4.69) is 173 Å². The lowest BCUT2D eigenvalue weighted by atomic mass is 10.0. The quantitative estimate of drug-likeness (QED) is 0.183. The molecule has 2 aliphatic heterocycles. The lowest BCUT2D eigenvalue weighted by Crippen LogP contribution is -1.89. The molecule has 0 spiro atoms. The van der Waals surface area contributed by atoms with E-state index >= 15 is 0 Å². The minimum Gasteiger partial charge on any atom is -0.456 e. The molecule has 0 aliphatic carbocycles. The molecule has 1 N–H and O–H groups in total. The fourth-order valence-electron chi connectivity index (χ4n) is 6.72. The number of nitrogens with one attached hydrogen (secondary N) is 1. The largest absolute Gasteiger partial charge is 0.456 e. The number of furan rings is 1. The molecule has 9 rings (SSSR count). The van der Waals surface area contributed by atoms with Gasteiger partial charge in [-0.05, 0) is 106 Å². The average Bonchev–Trinajstić information content (AvgIpc) is 3.98. The molecule has 3 aromatic heterocycles. The highest BCUT2D eigenvalue weighted by atomic mass is 127. The first-order valence-corrected chi connectivity index (χ1v) is 17.3. The third-order valence-electron chi connectivity index (χ3n) is 8.95. The van der Waals surface area contributed by atoms with Gasteiger partial charge in [0.25, 0.3) is 0 Å². The maximum atomic E-state index is 6.84. The van der Waals surface area contributed by atoms with E-state index in [9.17, 15) is 0 Å². The first-order valence-electron chi connectivity index (χ1n) is 16.2. The zero-order valence-electron chi connectivity index (χ0n) is 26.3. The maximum absolute atomic E-state index is 6.84. The maximum Gasteiger partial charge on any atom is 0.137 e. The molecular weight excluding hydrogens is 713 g/mol. The Hall–Kier alpha value is -5.79. The molecule has 49 heavy (non-hydrogen) atoms. The second-order valence-corrected chi connectivity index (χ2v) is 13.2. The Bertz CT molecular complexity index is 2540. The number of aromatic amines is 1. The van der Waals surface area contributed by atoms with E-state index in [0.29, 0.717) is 0 Å². The predicted octanol–water partition coefficient (Wildman–Crippen LogP) is 12.2. The van der Waals surface area contributed by atoms with E-state index in [1.807, 2.05) is 18.2 Å². The number of hydrogen-bond acceptors (Lipinski definition) is 3. The Morgan fingerprint density at radius 1 is 0.388 bits per heavy atom. The van der Waals surface area contributed by atoms with Gasteiger partial charge in [-0.15, -0.1) is 0 Å². The van der Waals surface area contributed by atoms with Gasteiger partial charge in [0.05, 0.1) is 33.9 Å². The Morgan fingerprint density at radius 3 is 1.18 bits per heavy atom. The van der Waals surface area contributed by atoms with Crippen molar-refractivity contribution in [2.24, 2.45) is 0 Å². The summed E-state index contributed by atoms with van der Waals surface area (Å²) >= 11 is 2.35. The van der Waals surface area contributed by atoms with Crippen LogP contribution in [0.3, 0.4) is 0 Å². The van der Waals surface area contributed by atoms with Crippen LogP contribution >= 0.6 is 22.6 Å². The number of fused-ring (bicyclic) bond motifs is 8. The van der Waals surface area contributed by atoms with Crippen molar-refractivity contribution in [2.75, 3.05) is 0 Å². The number of aromatic nitrogens is 3. The number of benzene rings is 4. The van der Waals surface area contributed by atoms with Crippen molar-refractivity contribution >= 4 is 69.1 Å². The van der Waals surface area contributed by atoms with Crippen LogP contribution in [0.1, 0.15) is 22.8 Å². The Morgan fingerprint density at radius 2 is 0.755 bits per heavy atom. The molecule has 0 unspecified atom stereocenters. The third-order valence-corrected chi connectivity index (χ3v) is 9.67. The predicted molar refractivity (Wildman–Crippen MR) is 211 cm³/mol. The Labute approximate surface area is 297 Å². The molecule has 0 fully saturated rings. The van der Waals surface area contributed by atoms with Crippen LogP contribution in [0.4, 0.5) is 0 Å². The summed E-state index contributed by atoms with van der Waals surface area (Å²) in [4.78, 5) is 14.4. The Kier molecular flexibility index (Phi) is 7.39. The minimum absolute atomic E-state index is 0.743. The van der Waals surface area contributed by atoms with E-state index in [-0.39, 0.29) is 0 Å². The van der Waals surface area contributed by atoms with Crippen molar-refractivity contribution in [1.29, 1.82) is 0 Å². The van der Waals surface area contributed by atoms with Crippen molar-refractivity contribution in [3.63, 3.8) is 0 Å². The van der Waals surface area contributed by atoms with Gasteiger partial charge in [-0.1, -0.05) is 103 Å². The molecule has 0 saturated heterocycles. The summed E-state index contributed by atoms with van der Waals surface area (Å²) in [6.07, 6.45) is 8.42. The van der Waals surface area contributed by atoms with E-state index in [0.717, 1.165) is 89.5 Å². The first-order chi connectivity index (χ1) is 24.2. The van der Waals surface area contributed by atoms with Gasteiger partial charge in [0, 0.05) is 25.7 Å². The van der Waals surface area contributed by atoms with Gasteiger partial charge in [0.2, 0.25) is 0 Å². The molecule has 0 radical (unpaired) electrons. The number of nitrogens with zero attached hydrogens (tertiary/aromatic N) is 2. The molecule has 0 atom stereocenters. The van der Waals surface area contributed by atoms with Crippen LogP contribution in [-0.4, -0.2) is 15.0 Å². The van der Waals surface area contributed by atoms with Crippen LogP contribution in [0, 0.1) is 3.57 Å². The van der Waals surface area contributed by atoms with Gasteiger partial charge in [-0.25, -0.2) is 9.97 Å². The summed E-state index contributed by atoms with van der Waals surface area (Å²) in [5.41, 5.74) is 15.0. The summed E-state index contributed by atoms with van der Waals surface area (Å²) in [6, 6.07) is 48.2. The van der Waals surface area contributed by atoms with Crippen molar-refractivity contribution in [3.8, 4) is 44.5 Å². The molecule has 4 aromatic carbocycles. The van der Waals surface area contributed by atoms with Gasteiger partial charge in [0.1, 0.15) is 11.2 Å². The van der Waals surface area contributed by atoms with Gasteiger partial charge in [0.15, 0.2) is 0 Å². The SMILES string of the molecule is Ic1ccc(-c2c3nc(c(-c4ccccc4)c4ccc(o4)c(-c4ccccc4)c4nc(c(-c5ccccc5)c5ccc2[nH]5)C=C4)C=C3)cc1. The fraction of sp³-hybridized carbons (Fsp3) is 0. The number of H-pyrrole nitrogens is 1. The Balaban J connectivity index is 1.48. The van der Waals surface area contributed by atoms with Crippen LogP contribution in [0.2, 0.25) is 0 Å². The summed E-state index contributed by atoms with van der Waals surface area (Å²) in [5.74, 6) is 0. The van der Waals surface area contributed by atoms with Crippen molar-refractivity contribution < 1.29 is 4.42 Å². The molecule has 2 aliphatic rings. The molecule has 0 saturated carbocycles. The highest BCUT2D eigenvalue weighted by Gasteiger charge is 2.19.